The molecule has 0 aliphatic rings. The maximum absolute atomic E-state index is 11.2. The zero-order valence-electron chi connectivity index (χ0n) is 8.29. The monoisotopic (exact) mass is 224 g/mol. The van der Waals surface area contributed by atoms with Crippen molar-refractivity contribution in [1.29, 1.82) is 0 Å². The first-order valence-electron chi connectivity index (χ1n) is 4.57. The van der Waals surface area contributed by atoms with Gasteiger partial charge in [0, 0.05) is 11.7 Å². The van der Waals surface area contributed by atoms with Crippen molar-refractivity contribution in [3.63, 3.8) is 0 Å². The standard InChI is InChI=1S/C10H12N2O2S/c1-8(15(11,13)14)12-7-6-9-4-2-3-5-10(9)12/h2-8H,1H3,(H2,11,13,14). The number of fused-ring (bicyclic) bond motifs is 1. The molecule has 1 atom stereocenters. The minimum Gasteiger partial charge on any atom is -0.329 e. The summed E-state index contributed by atoms with van der Waals surface area (Å²) in [7, 11) is -3.55. The Hall–Kier alpha value is -1.33. The average molecular weight is 224 g/mol. The van der Waals surface area contributed by atoms with Crippen molar-refractivity contribution < 1.29 is 8.42 Å². The molecule has 0 spiro atoms. The number of nitrogens with zero attached hydrogens (tertiary/aromatic N) is 1. The lowest BCUT2D eigenvalue weighted by atomic mass is 10.2. The molecule has 5 heteroatoms. The minimum atomic E-state index is -3.55. The van der Waals surface area contributed by atoms with Crippen LogP contribution in [0.25, 0.3) is 10.9 Å². The molecule has 0 bridgehead atoms. The second kappa shape index (κ2) is 3.36. The molecular weight excluding hydrogens is 212 g/mol. The van der Waals surface area contributed by atoms with Crippen LogP contribution >= 0.6 is 0 Å². The van der Waals surface area contributed by atoms with Crippen LogP contribution in [-0.2, 0) is 10.0 Å². The normalized spacial score (nSPS) is 14.3. The number of benzene rings is 1. The van der Waals surface area contributed by atoms with E-state index in [1.54, 1.807) is 17.7 Å². The molecule has 4 nitrogen and oxygen atoms in total. The summed E-state index contributed by atoms with van der Waals surface area (Å²) in [5, 5.41) is 5.38. The lowest BCUT2D eigenvalue weighted by Crippen LogP contribution is -2.23. The van der Waals surface area contributed by atoms with Gasteiger partial charge in [0.05, 0.1) is 0 Å². The molecule has 0 aliphatic carbocycles. The third-order valence-corrected chi connectivity index (χ3v) is 3.67. The second-order valence-corrected chi connectivity index (χ2v) is 5.33. The fraction of sp³-hybridized carbons (Fsp3) is 0.200. The molecule has 0 radical (unpaired) electrons. The largest absolute Gasteiger partial charge is 0.329 e. The van der Waals surface area contributed by atoms with Crippen LogP contribution in [0.5, 0.6) is 0 Å². The van der Waals surface area contributed by atoms with Gasteiger partial charge < -0.3 is 4.57 Å². The number of hydrogen-bond acceptors (Lipinski definition) is 2. The molecule has 1 heterocycles. The quantitative estimate of drug-likeness (QED) is 0.839. The Morgan fingerprint density at radius 3 is 2.60 bits per heavy atom. The van der Waals surface area contributed by atoms with Crippen molar-refractivity contribution in [2.45, 2.75) is 12.3 Å². The molecule has 0 amide bonds. The lowest BCUT2D eigenvalue weighted by molar-refractivity contribution is 0.565. The van der Waals surface area contributed by atoms with Gasteiger partial charge in [-0.15, -0.1) is 0 Å². The topological polar surface area (TPSA) is 65.1 Å². The number of para-hydroxylation sites is 1. The van der Waals surface area contributed by atoms with Gasteiger partial charge in [-0.25, -0.2) is 13.6 Å². The van der Waals surface area contributed by atoms with Crippen LogP contribution in [0.4, 0.5) is 0 Å². The second-order valence-electron chi connectivity index (χ2n) is 3.47. The Bertz CT molecular complexity index is 586. The molecule has 1 aromatic carbocycles. The summed E-state index contributed by atoms with van der Waals surface area (Å²) in [5.74, 6) is 0. The van der Waals surface area contributed by atoms with Gasteiger partial charge in [0.15, 0.2) is 0 Å². The number of aromatic nitrogens is 1. The number of hydrogen-bond donors (Lipinski definition) is 1. The molecular formula is C10H12N2O2S. The highest BCUT2D eigenvalue weighted by Gasteiger charge is 2.18. The summed E-state index contributed by atoms with van der Waals surface area (Å²) in [6.07, 6.45) is 1.74. The molecule has 0 saturated heterocycles. The van der Waals surface area contributed by atoms with Gasteiger partial charge in [-0.1, -0.05) is 18.2 Å². The zero-order valence-corrected chi connectivity index (χ0v) is 9.11. The summed E-state index contributed by atoms with van der Waals surface area (Å²) < 4.78 is 24.1. The van der Waals surface area contributed by atoms with E-state index >= 15 is 0 Å². The molecule has 1 unspecified atom stereocenters. The maximum atomic E-state index is 11.2. The van der Waals surface area contributed by atoms with E-state index in [-0.39, 0.29) is 0 Å². The highest BCUT2D eigenvalue weighted by Crippen LogP contribution is 2.21. The van der Waals surface area contributed by atoms with Gasteiger partial charge in [0.25, 0.3) is 0 Å². The SMILES string of the molecule is CC(n1ccc2ccccc21)S(N)(=O)=O. The van der Waals surface area contributed by atoms with Gasteiger partial charge in [0.2, 0.25) is 10.0 Å². The molecule has 1 aromatic heterocycles. The molecule has 2 N–H and O–H groups in total. The molecule has 15 heavy (non-hydrogen) atoms. The zero-order chi connectivity index (χ0) is 11.1. The third-order valence-electron chi connectivity index (χ3n) is 2.50. The van der Waals surface area contributed by atoms with Crippen molar-refractivity contribution in [2.75, 3.05) is 0 Å². The van der Waals surface area contributed by atoms with E-state index in [0.29, 0.717) is 0 Å². The van der Waals surface area contributed by atoms with E-state index in [2.05, 4.69) is 0 Å². The first kappa shape index (κ1) is 10.2. The molecule has 0 fully saturated rings. The Labute approximate surface area is 88.4 Å². The van der Waals surface area contributed by atoms with Gasteiger partial charge in [0.1, 0.15) is 5.37 Å². The van der Waals surface area contributed by atoms with Crippen LogP contribution < -0.4 is 5.14 Å². The van der Waals surface area contributed by atoms with Gasteiger partial charge in [-0.3, -0.25) is 0 Å². The Morgan fingerprint density at radius 2 is 1.93 bits per heavy atom. The van der Waals surface area contributed by atoms with E-state index in [1.807, 2.05) is 30.3 Å². The van der Waals surface area contributed by atoms with Gasteiger partial charge in [-0.2, -0.15) is 0 Å². The summed E-state index contributed by atoms with van der Waals surface area (Å²) in [4.78, 5) is 0. The Kier molecular flexibility index (Phi) is 2.28. The van der Waals surface area contributed by atoms with E-state index in [9.17, 15) is 8.42 Å². The van der Waals surface area contributed by atoms with Crippen molar-refractivity contribution >= 4 is 20.9 Å². The van der Waals surface area contributed by atoms with Crippen LogP contribution in [-0.4, -0.2) is 13.0 Å². The Balaban J connectivity index is 2.63. The van der Waals surface area contributed by atoms with Crippen molar-refractivity contribution in [2.24, 2.45) is 5.14 Å². The predicted octanol–water partition coefficient (Wildman–Crippen LogP) is 1.45. The van der Waals surface area contributed by atoms with E-state index < -0.39 is 15.4 Å². The number of rotatable bonds is 2. The van der Waals surface area contributed by atoms with Crippen LogP contribution in [0.1, 0.15) is 12.3 Å². The molecule has 0 saturated carbocycles. The van der Waals surface area contributed by atoms with Crippen LogP contribution in [0.2, 0.25) is 0 Å². The predicted molar refractivity (Wildman–Crippen MR) is 59.8 cm³/mol. The van der Waals surface area contributed by atoms with Crippen molar-refractivity contribution in [3.8, 4) is 0 Å². The number of sulfonamides is 1. The van der Waals surface area contributed by atoms with Crippen molar-refractivity contribution in [1.82, 2.24) is 4.57 Å². The van der Waals surface area contributed by atoms with Gasteiger partial charge >= 0.3 is 0 Å². The fourth-order valence-electron chi connectivity index (χ4n) is 1.58. The molecule has 80 valence electrons. The summed E-state index contributed by atoms with van der Waals surface area (Å²) >= 11 is 0. The van der Waals surface area contributed by atoms with Crippen LogP contribution in [0.3, 0.4) is 0 Å². The average Bonchev–Trinajstić information content (AvgIpc) is 2.58. The lowest BCUT2D eigenvalue weighted by Gasteiger charge is -2.12. The third kappa shape index (κ3) is 1.75. The number of nitrogens with two attached hydrogens (primary N) is 1. The van der Waals surface area contributed by atoms with Crippen molar-refractivity contribution in [3.05, 3.63) is 36.5 Å². The summed E-state index contributed by atoms with van der Waals surface area (Å²) in [5.41, 5.74) is 0.874. The Morgan fingerprint density at radius 1 is 1.27 bits per heavy atom. The van der Waals surface area contributed by atoms with E-state index in [1.165, 1.54) is 0 Å². The van der Waals surface area contributed by atoms with Crippen LogP contribution in [0, 0.1) is 0 Å². The minimum absolute atomic E-state index is 0.739. The van der Waals surface area contributed by atoms with E-state index in [0.717, 1.165) is 10.9 Å². The summed E-state index contributed by atoms with van der Waals surface area (Å²) in [6.45, 7) is 1.57. The maximum Gasteiger partial charge on any atom is 0.230 e. The van der Waals surface area contributed by atoms with Crippen LogP contribution in [0.15, 0.2) is 36.5 Å². The molecule has 0 aliphatic heterocycles. The van der Waals surface area contributed by atoms with E-state index in [4.69, 9.17) is 5.14 Å². The molecule has 2 aromatic rings. The van der Waals surface area contributed by atoms with Gasteiger partial charge in [-0.05, 0) is 24.4 Å². The smallest absolute Gasteiger partial charge is 0.230 e. The summed E-state index contributed by atoms with van der Waals surface area (Å²) in [6, 6.07) is 9.46. The highest BCUT2D eigenvalue weighted by atomic mass is 32.2. The highest BCUT2D eigenvalue weighted by molar-refractivity contribution is 7.89. The first-order valence-corrected chi connectivity index (χ1v) is 6.18. The number of primary sulfonamides is 1. The fourth-order valence-corrected chi connectivity index (χ4v) is 2.08. The first-order chi connectivity index (χ1) is 7.00. The molecule has 2 rings (SSSR count).